The number of nitrogens with zero attached hydrogens (tertiary/aromatic N) is 1. The van der Waals surface area contributed by atoms with Crippen LogP contribution in [0.1, 0.15) is 29.0 Å². The zero-order valence-corrected chi connectivity index (χ0v) is 13.2. The molecule has 3 rings (SSSR count). The van der Waals surface area contributed by atoms with Crippen LogP contribution in [0.25, 0.3) is 11.3 Å². The van der Waals surface area contributed by atoms with Crippen molar-refractivity contribution in [3.63, 3.8) is 0 Å². The van der Waals surface area contributed by atoms with E-state index in [1.54, 1.807) is 6.07 Å². The second-order valence-electron chi connectivity index (χ2n) is 5.60. The molecule has 1 fully saturated rings. The maximum atomic E-state index is 12.1. The molecule has 118 valence electrons. The topological polar surface area (TPSA) is 81.2 Å². The largest absolute Gasteiger partial charge is 0.350 e. The van der Waals surface area contributed by atoms with Gasteiger partial charge >= 0.3 is 0 Å². The fraction of sp³-hybridized carbons (Fsp3) is 0.375. The highest BCUT2D eigenvalue weighted by Crippen LogP contribution is 2.32. The fourth-order valence-corrected chi connectivity index (χ4v) is 2.35. The van der Waals surface area contributed by atoms with Crippen LogP contribution in [0.3, 0.4) is 0 Å². The van der Waals surface area contributed by atoms with Gasteiger partial charge in [0.1, 0.15) is 5.69 Å². The molecule has 6 heteroatoms. The lowest BCUT2D eigenvalue weighted by molar-refractivity contribution is 0.0896. The van der Waals surface area contributed by atoms with Crippen molar-refractivity contribution in [1.82, 2.24) is 10.5 Å². The van der Waals surface area contributed by atoms with E-state index in [0.717, 1.165) is 18.4 Å². The van der Waals surface area contributed by atoms with Gasteiger partial charge in [-0.2, -0.15) is 0 Å². The highest BCUT2D eigenvalue weighted by molar-refractivity contribution is 5.92. The number of carbonyl (C=O) groups excluding carboxylic acids is 1. The number of nitrogens with one attached hydrogen (secondary N) is 1. The quantitative estimate of drug-likeness (QED) is 0.886. The summed E-state index contributed by atoms with van der Waals surface area (Å²) in [5.74, 6) is 0.492. The molecular weight excluding hydrogens is 302 g/mol. The summed E-state index contributed by atoms with van der Waals surface area (Å²) in [5, 5.41) is 6.88. The number of hydrogen-bond acceptors (Lipinski definition) is 4. The van der Waals surface area contributed by atoms with Gasteiger partial charge in [-0.3, -0.25) is 4.79 Å². The Bertz CT molecular complexity index is 635. The molecule has 1 aromatic heterocycles. The summed E-state index contributed by atoms with van der Waals surface area (Å²) in [6.07, 6.45) is 2.26. The first kappa shape index (κ1) is 16.5. The summed E-state index contributed by atoms with van der Waals surface area (Å²) < 4.78 is 5.15. The number of aromatic nitrogens is 1. The molecule has 0 aliphatic heterocycles. The van der Waals surface area contributed by atoms with Crippen LogP contribution >= 0.6 is 12.4 Å². The van der Waals surface area contributed by atoms with Crippen molar-refractivity contribution in [3.05, 3.63) is 41.7 Å². The number of aryl methyl sites for hydroxylation is 1. The summed E-state index contributed by atoms with van der Waals surface area (Å²) in [5.41, 5.74) is 8.46. The third-order valence-corrected chi connectivity index (χ3v) is 3.84. The van der Waals surface area contributed by atoms with Crippen molar-refractivity contribution in [2.45, 2.75) is 25.8 Å². The summed E-state index contributed by atoms with van der Waals surface area (Å²) in [4.78, 5) is 12.1. The molecule has 1 aliphatic rings. The minimum atomic E-state index is -0.247. The van der Waals surface area contributed by atoms with Crippen LogP contribution in [-0.2, 0) is 0 Å². The summed E-state index contributed by atoms with van der Waals surface area (Å²) in [6, 6.07) is 9.62. The number of amides is 1. The van der Waals surface area contributed by atoms with Gasteiger partial charge < -0.3 is 15.6 Å². The summed E-state index contributed by atoms with van der Waals surface area (Å²) in [6.45, 7) is 2.48. The maximum Gasteiger partial charge on any atom is 0.290 e. The van der Waals surface area contributed by atoms with E-state index in [1.807, 2.05) is 31.2 Å². The van der Waals surface area contributed by atoms with Crippen molar-refractivity contribution >= 4 is 18.3 Å². The van der Waals surface area contributed by atoms with E-state index >= 15 is 0 Å². The minimum absolute atomic E-state index is 0. The lowest BCUT2D eigenvalue weighted by Crippen LogP contribution is -2.41. The van der Waals surface area contributed by atoms with Crippen LogP contribution in [0.2, 0.25) is 0 Å². The van der Waals surface area contributed by atoms with Gasteiger partial charge in [0.15, 0.2) is 0 Å². The molecule has 0 spiro atoms. The Morgan fingerprint density at radius 2 is 2.09 bits per heavy atom. The van der Waals surface area contributed by atoms with Gasteiger partial charge in [0.05, 0.1) is 0 Å². The van der Waals surface area contributed by atoms with E-state index in [4.69, 9.17) is 10.3 Å². The van der Waals surface area contributed by atoms with E-state index in [-0.39, 0.29) is 30.1 Å². The Kier molecular flexibility index (Phi) is 5.21. The monoisotopic (exact) mass is 321 g/mol. The Labute approximate surface area is 135 Å². The van der Waals surface area contributed by atoms with E-state index in [2.05, 4.69) is 10.5 Å². The van der Waals surface area contributed by atoms with Crippen LogP contribution < -0.4 is 11.1 Å². The summed E-state index contributed by atoms with van der Waals surface area (Å²) in [7, 11) is 0. The Hall–Kier alpha value is -1.85. The molecule has 0 radical (unpaired) electrons. The number of hydrogen-bond donors (Lipinski definition) is 2. The van der Waals surface area contributed by atoms with Crippen molar-refractivity contribution in [1.29, 1.82) is 0 Å². The first-order valence-electron chi connectivity index (χ1n) is 7.22. The molecular formula is C16H20ClN3O2. The van der Waals surface area contributed by atoms with Crippen molar-refractivity contribution < 1.29 is 9.32 Å². The number of benzene rings is 1. The predicted octanol–water partition coefficient (Wildman–Crippen LogP) is 2.54. The zero-order valence-electron chi connectivity index (χ0n) is 12.4. The lowest BCUT2D eigenvalue weighted by atomic mass is 10.1. The molecule has 0 saturated heterocycles. The molecule has 0 bridgehead atoms. The molecule has 22 heavy (non-hydrogen) atoms. The summed E-state index contributed by atoms with van der Waals surface area (Å²) >= 11 is 0. The third-order valence-electron chi connectivity index (χ3n) is 3.84. The van der Waals surface area contributed by atoms with Gasteiger partial charge in [0, 0.05) is 24.2 Å². The highest BCUT2D eigenvalue weighted by atomic mass is 35.5. The normalized spacial score (nSPS) is 15.0. The smallest absolute Gasteiger partial charge is 0.290 e. The molecule has 1 aromatic carbocycles. The number of carbonyl (C=O) groups is 1. The average molecular weight is 322 g/mol. The first-order chi connectivity index (χ1) is 10.2. The lowest BCUT2D eigenvalue weighted by Gasteiger charge is -2.14. The number of nitrogens with two attached hydrogens (primary N) is 1. The first-order valence-corrected chi connectivity index (χ1v) is 7.22. The van der Waals surface area contributed by atoms with Gasteiger partial charge in [-0.15, -0.1) is 12.4 Å². The van der Waals surface area contributed by atoms with Gasteiger partial charge in [-0.25, -0.2) is 0 Å². The molecule has 1 unspecified atom stereocenters. The van der Waals surface area contributed by atoms with Crippen LogP contribution in [0.5, 0.6) is 0 Å². The Morgan fingerprint density at radius 3 is 2.68 bits per heavy atom. The van der Waals surface area contributed by atoms with Gasteiger partial charge in [0.25, 0.3) is 5.91 Å². The predicted molar refractivity (Wildman–Crippen MR) is 87.0 cm³/mol. The molecule has 1 atom stereocenters. The second kappa shape index (κ2) is 6.94. The van der Waals surface area contributed by atoms with Crippen molar-refractivity contribution in [3.8, 4) is 11.3 Å². The van der Waals surface area contributed by atoms with Gasteiger partial charge in [-0.05, 0) is 25.7 Å². The van der Waals surface area contributed by atoms with Crippen molar-refractivity contribution in [2.24, 2.45) is 11.7 Å². The minimum Gasteiger partial charge on any atom is -0.350 e. The van der Waals surface area contributed by atoms with E-state index < -0.39 is 0 Å². The maximum absolute atomic E-state index is 12.1. The van der Waals surface area contributed by atoms with E-state index in [9.17, 15) is 4.79 Å². The van der Waals surface area contributed by atoms with Crippen LogP contribution in [0.15, 0.2) is 34.9 Å². The standard InChI is InChI=1S/C16H19N3O2.ClH/c1-10-2-4-11(5-3-10)13-8-15(21-19-13)16(20)18-14(9-17)12-6-7-12;/h2-5,8,12,14H,6-7,9,17H2,1H3,(H,18,20);1H. The van der Waals surface area contributed by atoms with Crippen LogP contribution in [0, 0.1) is 12.8 Å². The molecule has 1 heterocycles. The molecule has 1 aliphatic carbocycles. The Balaban J connectivity index is 0.00000176. The van der Waals surface area contributed by atoms with Gasteiger partial charge in [0.2, 0.25) is 5.76 Å². The number of rotatable bonds is 5. The van der Waals surface area contributed by atoms with E-state index in [0.29, 0.717) is 18.2 Å². The fourth-order valence-electron chi connectivity index (χ4n) is 2.35. The van der Waals surface area contributed by atoms with Crippen LogP contribution in [0.4, 0.5) is 0 Å². The molecule has 1 amide bonds. The van der Waals surface area contributed by atoms with E-state index in [1.165, 1.54) is 5.56 Å². The van der Waals surface area contributed by atoms with Crippen LogP contribution in [-0.4, -0.2) is 23.7 Å². The van der Waals surface area contributed by atoms with Crippen molar-refractivity contribution in [2.75, 3.05) is 6.54 Å². The second-order valence-corrected chi connectivity index (χ2v) is 5.60. The highest BCUT2D eigenvalue weighted by Gasteiger charge is 2.32. The zero-order chi connectivity index (χ0) is 14.8. The SMILES string of the molecule is Cc1ccc(-c2cc(C(=O)NC(CN)C3CC3)on2)cc1.Cl. The third kappa shape index (κ3) is 3.67. The molecule has 1 saturated carbocycles. The Morgan fingerprint density at radius 1 is 1.41 bits per heavy atom. The molecule has 5 nitrogen and oxygen atoms in total. The molecule has 3 N–H and O–H groups in total. The molecule has 2 aromatic rings. The average Bonchev–Trinajstić information content (AvgIpc) is 3.21. The number of halogens is 1. The van der Waals surface area contributed by atoms with Gasteiger partial charge in [-0.1, -0.05) is 35.0 Å².